The third-order valence-electron chi connectivity index (χ3n) is 6.49. The first-order valence-electron chi connectivity index (χ1n) is 11.8. The summed E-state index contributed by atoms with van der Waals surface area (Å²) < 4.78 is 12.5. The maximum atomic E-state index is 13.3. The number of ether oxygens (including phenoxy) is 1. The quantitative estimate of drug-likeness (QED) is 0.419. The van der Waals surface area contributed by atoms with Crippen LogP contribution in [0.3, 0.4) is 0 Å². The van der Waals surface area contributed by atoms with E-state index in [4.69, 9.17) is 14.8 Å². The molecule has 1 atom stereocenters. The minimum absolute atomic E-state index is 0.176. The zero-order valence-corrected chi connectivity index (χ0v) is 23.2. The van der Waals surface area contributed by atoms with Gasteiger partial charge < -0.3 is 9.64 Å². The summed E-state index contributed by atoms with van der Waals surface area (Å²) in [5.41, 5.74) is 1.15. The van der Waals surface area contributed by atoms with Gasteiger partial charge in [0.15, 0.2) is 5.82 Å². The average Bonchev–Trinajstić information content (AvgIpc) is 3.45. The monoisotopic (exact) mass is 511 g/mol. The number of nitrogens with zero attached hydrogens (tertiary/aromatic N) is 6. The second kappa shape index (κ2) is 8.12. The van der Waals surface area contributed by atoms with Gasteiger partial charge in [0, 0.05) is 43.0 Å². The van der Waals surface area contributed by atoms with E-state index in [0.29, 0.717) is 35.9 Å². The summed E-state index contributed by atoms with van der Waals surface area (Å²) in [5.74, 6) is 1.71. The van der Waals surface area contributed by atoms with Crippen LogP contribution in [0.4, 0.5) is 5.82 Å². The Morgan fingerprint density at radius 1 is 1.17 bits per heavy atom. The molecule has 3 aromatic heterocycles. The van der Waals surface area contributed by atoms with Crippen molar-refractivity contribution in [2.24, 2.45) is 7.05 Å². The first-order valence-corrected chi connectivity index (χ1v) is 16.4. The van der Waals surface area contributed by atoms with E-state index < -0.39 is 8.07 Å². The van der Waals surface area contributed by atoms with Gasteiger partial charge in [-0.3, -0.25) is 14.2 Å². The normalized spacial score (nSPS) is 21.3. The number of fused-ring (bicyclic) bond motifs is 6. The van der Waals surface area contributed by atoms with Crippen LogP contribution in [0.1, 0.15) is 43.2 Å². The molecule has 0 aromatic carbocycles. The zero-order valence-electron chi connectivity index (χ0n) is 21.4. The van der Waals surface area contributed by atoms with Crippen molar-refractivity contribution in [3.8, 4) is 11.7 Å². The van der Waals surface area contributed by atoms with Crippen molar-refractivity contribution in [2.45, 2.75) is 62.7 Å². The molecule has 2 bridgehead atoms. The second-order valence-electron chi connectivity index (χ2n) is 11.7. The lowest BCUT2D eigenvalue weighted by atomic mass is 9.81. The molecule has 0 saturated carbocycles. The summed E-state index contributed by atoms with van der Waals surface area (Å²) >= 11 is 1.33. The van der Waals surface area contributed by atoms with Gasteiger partial charge in [-0.05, 0) is 44.3 Å². The maximum absolute atomic E-state index is 13.3. The highest BCUT2D eigenvalue weighted by Crippen LogP contribution is 2.48. The lowest BCUT2D eigenvalue weighted by Gasteiger charge is -2.34. The van der Waals surface area contributed by atoms with E-state index >= 15 is 0 Å². The number of rotatable bonds is 4. The van der Waals surface area contributed by atoms with Gasteiger partial charge >= 0.3 is 0 Å². The number of amides is 1. The van der Waals surface area contributed by atoms with Gasteiger partial charge in [-0.1, -0.05) is 26.6 Å². The second-order valence-corrected chi connectivity index (χ2v) is 17.9. The molecular weight excluding hydrogens is 478 g/mol. The molecule has 1 fully saturated rings. The van der Waals surface area contributed by atoms with Crippen LogP contribution < -0.4 is 14.4 Å². The Morgan fingerprint density at radius 2 is 1.94 bits per heavy atom. The van der Waals surface area contributed by atoms with E-state index in [0.717, 1.165) is 17.0 Å². The SMILES string of the molecule is Cn1cc2c(n1)[C@@]1(C)CN(c3nc(-n4ccc(OC[Si](C)(C)C)n4)ccc3C(=O)NS2)C(C)(C)C1. The van der Waals surface area contributed by atoms with Crippen LogP contribution >= 0.6 is 11.9 Å². The van der Waals surface area contributed by atoms with E-state index in [1.807, 2.05) is 42.3 Å². The molecule has 0 aliphatic carbocycles. The van der Waals surface area contributed by atoms with Gasteiger partial charge in [0.25, 0.3) is 5.91 Å². The molecule has 35 heavy (non-hydrogen) atoms. The molecule has 5 heterocycles. The molecule has 1 saturated heterocycles. The number of aryl methyl sites for hydroxylation is 1. The van der Waals surface area contributed by atoms with E-state index in [9.17, 15) is 4.79 Å². The van der Waals surface area contributed by atoms with Gasteiger partial charge in [0.05, 0.1) is 30.5 Å². The largest absolute Gasteiger partial charge is 0.480 e. The molecular formula is C24H33N7O2SSi. The Morgan fingerprint density at radius 3 is 2.69 bits per heavy atom. The van der Waals surface area contributed by atoms with Crippen molar-refractivity contribution < 1.29 is 9.53 Å². The minimum Gasteiger partial charge on any atom is -0.480 e. The Labute approximate surface area is 211 Å². The Hall–Kier alpha value is -2.79. The van der Waals surface area contributed by atoms with Gasteiger partial charge in [-0.2, -0.15) is 5.10 Å². The van der Waals surface area contributed by atoms with Crippen LogP contribution in [0.15, 0.2) is 35.5 Å². The Kier molecular flexibility index (Phi) is 5.55. The van der Waals surface area contributed by atoms with Crippen LogP contribution in [-0.4, -0.2) is 56.8 Å². The van der Waals surface area contributed by atoms with Crippen molar-refractivity contribution in [1.29, 1.82) is 0 Å². The van der Waals surface area contributed by atoms with Crippen molar-refractivity contribution >= 4 is 31.7 Å². The van der Waals surface area contributed by atoms with Crippen molar-refractivity contribution in [1.82, 2.24) is 29.3 Å². The average molecular weight is 512 g/mol. The van der Waals surface area contributed by atoms with Gasteiger partial charge in [0.2, 0.25) is 5.88 Å². The summed E-state index contributed by atoms with van der Waals surface area (Å²) in [6.07, 6.45) is 5.42. The van der Waals surface area contributed by atoms with Gasteiger partial charge in [-0.25, -0.2) is 9.67 Å². The molecule has 5 rings (SSSR count). The number of carbonyl (C=O) groups is 1. The highest BCUT2D eigenvalue weighted by molar-refractivity contribution is 7.98. The van der Waals surface area contributed by atoms with E-state index in [1.54, 1.807) is 4.68 Å². The molecule has 0 radical (unpaired) electrons. The van der Waals surface area contributed by atoms with Crippen LogP contribution in [0.5, 0.6) is 5.88 Å². The molecule has 2 aliphatic heterocycles. The highest BCUT2D eigenvalue weighted by Gasteiger charge is 2.50. The molecule has 2 aliphatic rings. The predicted octanol–water partition coefficient (Wildman–Crippen LogP) is 3.95. The molecule has 0 unspecified atom stereocenters. The first-order chi connectivity index (χ1) is 16.3. The number of anilines is 1. The molecule has 9 nitrogen and oxygen atoms in total. The number of pyridine rings is 1. The van der Waals surface area contributed by atoms with Crippen molar-refractivity contribution in [2.75, 3.05) is 17.7 Å². The summed E-state index contributed by atoms with van der Waals surface area (Å²) in [5, 5.41) is 9.39. The number of nitrogens with one attached hydrogen (secondary N) is 1. The van der Waals surface area contributed by atoms with E-state index in [1.165, 1.54) is 11.9 Å². The summed E-state index contributed by atoms with van der Waals surface area (Å²) in [6.45, 7) is 14.2. The fourth-order valence-corrected chi connectivity index (χ4v) is 6.54. The molecule has 1 amide bonds. The minimum atomic E-state index is -1.36. The fourth-order valence-electron chi connectivity index (χ4n) is 5.06. The Balaban J connectivity index is 1.55. The van der Waals surface area contributed by atoms with Crippen LogP contribution in [-0.2, 0) is 12.5 Å². The lowest BCUT2D eigenvalue weighted by molar-refractivity contribution is 0.0984. The number of carbonyl (C=O) groups excluding carboxylic acids is 1. The van der Waals surface area contributed by atoms with Crippen LogP contribution in [0.2, 0.25) is 19.6 Å². The lowest BCUT2D eigenvalue weighted by Crippen LogP contribution is -2.40. The molecule has 11 heteroatoms. The van der Waals surface area contributed by atoms with Crippen molar-refractivity contribution in [3.63, 3.8) is 0 Å². The third kappa shape index (κ3) is 4.47. The van der Waals surface area contributed by atoms with Crippen molar-refractivity contribution in [3.05, 3.63) is 41.9 Å². The van der Waals surface area contributed by atoms with E-state index in [-0.39, 0.29) is 16.9 Å². The predicted molar refractivity (Wildman–Crippen MR) is 140 cm³/mol. The highest BCUT2D eigenvalue weighted by atomic mass is 32.2. The third-order valence-corrected chi connectivity index (χ3v) is 8.31. The first kappa shape index (κ1) is 23.9. The van der Waals surface area contributed by atoms with E-state index in [2.05, 4.69) is 55.1 Å². The molecule has 1 N–H and O–H groups in total. The maximum Gasteiger partial charge on any atom is 0.265 e. The van der Waals surface area contributed by atoms with Gasteiger partial charge in [-0.15, -0.1) is 5.10 Å². The molecule has 0 spiro atoms. The summed E-state index contributed by atoms with van der Waals surface area (Å²) in [4.78, 5) is 21.5. The van der Waals surface area contributed by atoms with Crippen LogP contribution in [0, 0.1) is 0 Å². The topological polar surface area (TPSA) is 90.1 Å². The summed E-state index contributed by atoms with van der Waals surface area (Å²) in [7, 11) is 0.562. The number of aromatic nitrogens is 5. The molecule has 3 aromatic rings. The molecule has 186 valence electrons. The standard InChI is InChI=1S/C24H33N7O2SSi/c1-23(2)13-24(3)14-30(23)21-16(22(32)28-34-17-12-29(4)27-20(17)24)8-9-18(25-21)31-11-10-19(26-31)33-15-35(5,6)7/h8-12H,13-15H2,1-7H3,(H,28,32)/t24-/m1/s1. The smallest absolute Gasteiger partial charge is 0.265 e. The van der Waals surface area contributed by atoms with Gasteiger partial charge in [0.1, 0.15) is 5.82 Å². The number of hydrogen-bond donors (Lipinski definition) is 1. The Bertz CT molecular complexity index is 1300. The summed E-state index contributed by atoms with van der Waals surface area (Å²) in [6, 6.07) is 5.54. The zero-order chi connectivity index (χ0) is 25.2. The van der Waals surface area contributed by atoms with Crippen LogP contribution in [0.25, 0.3) is 5.82 Å². The fraction of sp³-hybridized carbons (Fsp3) is 0.500. The number of hydrogen-bond acceptors (Lipinski definition) is 7.